The summed E-state index contributed by atoms with van der Waals surface area (Å²) >= 11 is 0. The molecule has 0 bridgehead atoms. The van der Waals surface area contributed by atoms with Gasteiger partial charge >= 0.3 is 5.69 Å². The van der Waals surface area contributed by atoms with E-state index in [1.165, 1.54) is 11.6 Å². The highest BCUT2D eigenvalue weighted by Gasteiger charge is 2.27. The number of hydrogen-bond donors (Lipinski definition) is 1. The van der Waals surface area contributed by atoms with Crippen molar-refractivity contribution in [2.24, 2.45) is 14.1 Å². The van der Waals surface area contributed by atoms with Gasteiger partial charge in [-0.05, 0) is 11.1 Å². The minimum Gasteiger partial charge on any atom is -0.375 e. The first-order valence-corrected chi connectivity index (χ1v) is 11.8. The Hall–Kier alpha value is -3.69. The summed E-state index contributed by atoms with van der Waals surface area (Å²) in [4.78, 5) is 32.8. The molecule has 2 aromatic heterocycles. The second-order valence-electron chi connectivity index (χ2n) is 8.96. The Morgan fingerprint density at radius 2 is 1.66 bits per heavy atom. The van der Waals surface area contributed by atoms with Crippen molar-refractivity contribution in [3.63, 3.8) is 0 Å². The number of anilines is 1. The topological polar surface area (TPSA) is 86.3 Å². The number of nitrogens with one attached hydrogen (secondary N) is 1. The van der Waals surface area contributed by atoms with Crippen molar-refractivity contribution in [3.8, 4) is 0 Å². The van der Waals surface area contributed by atoms with Crippen LogP contribution in [-0.4, -0.2) is 51.0 Å². The van der Waals surface area contributed by atoms with Gasteiger partial charge in [-0.15, -0.1) is 0 Å². The monoisotopic (exact) mass is 474 g/mol. The number of ether oxygens (including phenoxy) is 1. The molecule has 1 atom stereocenters. The molecule has 1 fully saturated rings. The van der Waals surface area contributed by atoms with Gasteiger partial charge in [0, 0.05) is 39.8 Å². The van der Waals surface area contributed by atoms with Gasteiger partial charge in [-0.25, -0.2) is 4.79 Å². The lowest BCUT2D eigenvalue weighted by Gasteiger charge is -2.34. The molecule has 182 valence electrons. The van der Waals surface area contributed by atoms with E-state index in [-0.39, 0.29) is 17.3 Å². The molecule has 0 aliphatic carbocycles. The maximum atomic E-state index is 13.2. The molecule has 2 aromatic carbocycles. The Kier molecular flexibility index (Phi) is 6.52. The molecule has 1 aliphatic rings. The number of aryl methyl sites for hydroxylation is 1. The van der Waals surface area contributed by atoms with E-state index in [0.29, 0.717) is 43.4 Å². The summed E-state index contributed by atoms with van der Waals surface area (Å²) in [5.74, 6) is 0.691. The first-order chi connectivity index (χ1) is 17.0. The first-order valence-electron chi connectivity index (χ1n) is 11.8. The van der Waals surface area contributed by atoms with Gasteiger partial charge in [-0.1, -0.05) is 60.7 Å². The van der Waals surface area contributed by atoms with E-state index < -0.39 is 0 Å². The number of fused-ring (bicyclic) bond motifs is 1. The van der Waals surface area contributed by atoms with E-state index in [0.717, 1.165) is 28.8 Å². The van der Waals surface area contributed by atoms with E-state index in [9.17, 15) is 9.59 Å². The first kappa shape index (κ1) is 23.1. The number of imidazole rings is 1. The fourth-order valence-corrected chi connectivity index (χ4v) is 4.60. The van der Waals surface area contributed by atoms with Crippen LogP contribution < -0.4 is 21.5 Å². The minimum atomic E-state index is -0.383. The number of rotatable bonds is 7. The predicted molar refractivity (Wildman–Crippen MR) is 136 cm³/mol. The maximum absolute atomic E-state index is 13.2. The lowest BCUT2D eigenvalue weighted by molar-refractivity contribution is 0.0970. The highest BCUT2D eigenvalue weighted by molar-refractivity contribution is 5.75. The largest absolute Gasteiger partial charge is 0.375 e. The fourth-order valence-electron chi connectivity index (χ4n) is 4.60. The summed E-state index contributed by atoms with van der Waals surface area (Å²) < 4.78 is 10.5. The highest BCUT2D eigenvalue weighted by atomic mass is 16.5. The molecule has 4 aromatic rings. The van der Waals surface area contributed by atoms with Crippen LogP contribution in [-0.2, 0) is 32.0 Å². The Balaban J connectivity index is 1.46. The third-order valence-electron chi connectivity index (χ3n) is 6.48. The van der Waals surface area contributed by atoms with Gasteiger partial charge in [0.1, 0.15) is 0 Å². The number of benzene rings is 2. The fraction of sp³-hybridized carbons (Fsp3) is 0.346. The average molecular weight is 475 g/mol. The number of hydrogen-bond acceptors (Lipinski definition) is 6. The molecule has 0 amide bonds. The van der Waals surface area contributed by atoms with E-state index in [1.807, 2.05) is 53.1 Å². The molecule has 1 aliphatic heterocycles. The van der Waals surface area contributed by atoms with Crippen LogP contribution in [0.3, 0.4) is 0 Å². The van der Waals surface area contributed by atoms with Gasteiger partial charge in [-0.3, -0.25) is 18.5 Å². The molecule has 0 saturated carbocycles. The van der Waals surface area contributed by atoms with E-state index >= 15 is 0 Å². The van der Waals surface area contributed by atoms with E-state index in [2.05, 4.69) is 22.3 Å². The van der Waals surface area contributed by atoms with E-state index in [1.54, 1.807) is 7.05 Å². The van der Waals surface area contributed by atoms with Crippen LogP contribution in [0, 0.1) is 0 Å². The standard InChI is InChI=1S/C26H30N6O3/c1-29-23-22(24(33)30(2)26(29)34)32(15-19-9-5-3-6-10-19)25(28-23)31-14-13-27-21(16-31)18-35-17-20-11-7-4-8-12-20/h3-12,21,27H,13-18H2,1-2H3. The molecular weight excluding hydrogens is 444 g/mol. The van der Waals surface area contributed by atoms with Gasteiger partial charge in [0.25, 0.3) is 5.56 Å². The summed E-state index contributed by atoms with van der Waals surface area (Å²) in [5, 5.41) is 3.52. The third kappa shape index (κ3) is 4.65. The number of nitrogens with zero attached hydrogens (tertiary/aromatic N) is 5. The molecule has 9 heteroatoms. The highest BCUT2D eigenvalue weighted by Crippen LogP contribution is 2.22. The zero-order valence-electron chi connectivity index (χ0n) is 20.1. The molecular formula is C26H30N6O3. The Morgan fingerprint density at radius 1 is 0.971 bits per heavy atom. The maximum Gasteiger partial charge on any atom is 0.332 e. The second-order valence-corrected chi connectivity index (χ2v) is 8.96. The number of aromatic nitrogens is 4. The summed E-state index contributed by atoms with van der Waals surface area (Å²) in [7, 11) is 3.17. The Labute approximate surface area is 203 Å². The van der Waals surface area contributed by atoms with Crippen LogP contribution in [0.4, 0.5) is 5.95 Å². The molecule has 0 spiro atoms. The normalized spacial score (nSPS) is 16.2. The summed E-state index contributed by atoms with van der Waals surface area (Å²) in [6.07, 6.45) is 0. The zero-order valence-corrected chi connectivity index (χ0v) is 20.1. The van der Waals surface area contributed by atoms with Crippen molar-refractivity contribution in [2.45, 2.75) is 19.2 Å². The lowest BCUT2D eigenvalue weighted by Crippen LogP contribution is -2.53. The summed E-state index contributed by atoms with van der Waals surface area (Å²) in [5.41, 5.74) is 2.31. The predicted octanol–water partition coefficient (Wildman–Crippen LogP) is 1.48. The summed E-state index contributed by atoms with van der Waals surface area (Å²) in [6, 6.07) is 20.2. The van der Waals surface area contributed by atoms with Crippen LogP contribution >= 0.6 is 0 Å². The Morgan fingerprint density at radius 3 is 2.37 bits per heavy atom. The molecule has 1 saturated heterocycles. The van der Waals surface area contributed by atoms with Crippen LogP contribution in [0.2, 0.25) is 0 Å². The third-order valence-corrected chi connectivity index (χ3v) is 6.48. The van der Waals surface area contributed by atoms with Crippen molar-refractivity contribution >= 4 is 17.1 Å². The van der Waals surface area contributed by atoms with Gasteiger partial charge in [0.15, 0.2) is 11.2 Å². The molecule has 1 unspecified atom stereocenters. The quantitative estimate of drug-likeness (QED) is 0.437. The van der Waals surface area contributed by atoms with Gasteiger partial charge in [0.05, 0.1) is 19.8 Å². The van der Waals surface area contributed by atoms with Crippen LogP contribution in [0.5, 0.6) is 0 Å². The molecule has 35 heavy (non-hydrogen) atoms. The zero-order chi connectivity index (χ0) is 24.4. The SMILES string of the molecule is Cn1c(=O)c2c(nc(N3CCNC(COCc4ccccc4)C3)n2Cc2ccccc2)n(C)c1=O. The molecule has 3 heterocycles. The van der Waals surface area contributed by atoms with Crippen molar-refractivity contribution in [3.05, 3.63) is 92.6 Å². The van der Waals surface area contributed by atoms with Gasteiger partial charge < -0.3 is 15.0 Å². The van der Waals surface area contributed by atoms with E-state index in [4.69, 9.17) is 9.72 Å². The molecule has 1 N–H and O–H groups in total. The van der Waals surface area contributed by atoms with Gasteiger partial charge in [-0.2, -0.15) is 4.98 Å². The molecule has 0 radical (unpaired) electrons. The van der Waals surface area contributed by atoms with Crippen molar-refractivity contribution < 1.29 is 4.74 Å². The molecule has 5 rings (SSSR count). The Bertz CT molecular complexity index is 1420. The smallest absolute Gasteiger partial charge is 0.332 e. The van der Waals surface area contributed by atoms with Crippen molar-refractivity contribution in [1.82, 2.24) is 24.0 Å². The molecule has 9 nitrogen and oxygen atoms in total. The summed E-state index contributed by atoms with van der Waals surface area (Å²) in [6.45, 7) is 3.79. The number of piperazine rings is 1. The van der Waals surface area contributed by atoms with Crippen LogP contribution in [0.15, 0.2) is 70.3 Å². The second kappa shape index (κ2) is 9.89. The minimum absolute atomic E-state index is 0.115. The lowest BCUT2D eigenvalue weighted by atomic mass is 10.2. The average Bonchev–Trinajstić information content (AvgIpc) is 3.27. The van der Waals surface area contributed by atoms with Crippen LogP contribution in [0.25, 0.3) is 11.2 Å². The van der Waals surface area contributed by atoms with Crippen LogP contribution in [0.1, 0.15) is 11.1 Å². The van der Waals surface area contributed by atoms with Crippen molar-refractivity contribution in [2.75, 3.05) is 31.1 Å². The van der Waals surface area contributed by atoms with Gasteiger partial charge in [0.2, 0.25) is 5.95 Å². The van der Waals surface area contributed by atoms with Crippen molar-refractivity contribution in [1.29, 1.82) is 0 Å².